The Balaban J connectivity index is 1.47. The molecule has 3 aromatic carbocycles. The number of nitrogens with one attached hydrogen (secondary N) is 1. The van der Waals surface area contributed by atoms with Crippen molar-refractivity contribution in [2.75, 3.05) is 5.32 Å². The van der Waals surface area contributed by atoms with Crippen LogP contribution in [-0.2, 0) is 0 Å². The van der Waals surface area contributed by atoms with Crippen molar-refractivity contribution in [3.63, 3.8) is 0 Å². The number of pyridine rings is 1. The largest absolute Gasteiger partial charge is 0.355 e. The number of aryl methyl sites for hydroxylation is 1. The lowest BCUT2D eigenvalue weighted by molar-refractivity contribution is 0.626. The normalized spacial score (nSPS) is 11.1. The average Bonchev–Trinajstić information content (AvgIpc) is 3.27. The molecule has 0 unspecified atom stereocenters. The number of rotatable bonds is 4. The van der Waals surface area contributed by atoms with E-state index in [1.807, 2.05) is 55.5 Å². The summed E-state index contributed by atoms with van der Waals surface area (Å²) in [6.45, 7) is 1.97. The molecule has 0 saturated heterocycles. The van der Waals surface area contributed by atoms with Gasteiger partial charge in [-0.25, -0.2) is 14.1 Å². The molecule has 152 valence electrons. The van der Waals surface area contributed by atoms with Gasteiger partial charge in [0.1, 0.15) is 11.5 Å². The zero-order valence-corrected chi connectivity index (χ0v) is 17.3. The topological polar surface area (TPSA) is 55.6 Å². The summed E-state index contributed by atoms with van der Waals surface area (Å²) in [7, 11) is 0. The van der Waals surface area contributed by atoms with Crippen molar-refractivity contribution in [2.45, 2.75) is 6.92 Å². The first-order valence-corrected chi connectivity index (χ1v) is 10.1. The molecule has 0 spiro atoms. The fourth-order valence-electron chi connectivity index (χ4n) is 3.33. The molecule has 5 aromatic rings. The monoisotopic (exact) mass is 429 g/mol. The lowest BCUT2D eigenvalue weighted by atomic mass is 10.1. The Hall–Kier alpha value is -3.77. The van der Waals surface area contributed by atoms with E-state index in [2.05, 4.69) is 15.6 Å². The highest BCUT2D eigenvalue weighted by molar-refractivity contribution is 6.31. The smallest absolute Gasteiger partial charge is 0.131 e. The van der Waals surface area contributed by atoms with Gasteiger partial charge in [0.05, 0.1) is 23.1 Å². The molecule has 0 radical (unpaired) electrons. The molecule has 31 heavy (non-hydrogen) atoms. The van der Waals surface area contributed by atoms with Gasteiger partial charge in [-0.15, -0.1) is 5.10 Å². The Morgan fingerprint density at radius 1 is 0.935 bits per heavy atom. The SMILES string of the molecule is Cc1ccc(Nc2cccc3nc(-c4cn(-c5ccc(F)cc5)nn4)ccc23)cc1Cl. The van der Waals surface area contributed by atoms with Gasteiger partial charge in [-0.1, -0.05) is 28.9 Å². The van der Waals surface area contributed by atoms with Gasteiger partial charge in [-0.05, 0) is 73.2 Å². The first-order valence-electron chi connectivity index (χ1n) is 9.68. The van der Waals surface area contributed by atoms with E-state index in [0.29, 0.717) is 11.4 Å². The molecule has 0 aliphatic rings. The summed E-state index contributed by atoms with van der Waals surface area (Å²) in [5, 5.41) is 13.5. The van der Waals surface area contributed by atoms with E-state index in [1.54, 1.807) is 23.0 Å². The minimum absolute atomic E-state index is 0.294. The third-order valence-electron chi connectivity index (χ3n) is 5.03. The van der Waals surface area contributed by atoms with Crippen LogP contribution in [0.1, 0.15) is 5.56 Å². The summed E-state index contributed by atoms with van der Waals surface area (Å²) in [5.74, 6) is -0.294. The van der Waals surface area contributed by atoms with Gasteiger partial charge in [0.2, 0.25) is 0 Å². The third kappa shape index (κ3) is 3.85. The van der Waals surface area contributed by atoms with Crippen molar-refractivity contribution < 1.29 is 4.39 Å². The second-order valence-electron chi connectivity index (χ2n) is 7.18. The number of nitrogens with zero attached hydrogens (tertiary/aromatic N) is 4. The molecule has 1 N–H and O–H groups in total. The Morgan fingerprint density at radius 2 is 1.77 bits per heavy atom. The van der Waals surface area contributed by atoms with Gasteiger partial charge >= 0.3 is 0 Å². The molecule has 0 bridgehead atoms. The van der Waals surface area contributed by atoms with E-state index in [0.717, 1.165) is 38.6 Å². The fraction of sp³-hybridized carbons (Fsp3) is 0.0417. The number of benzene rings is 3. The van der Waals surface area contributed by atoms with Gasteiger partial charge in [-0.3, -0.25) is 0 Å². The lowest BCUT2D eigenvalue weighted by Gasteiger charge is -2.11. The van der Waals surface area contributed by atoms with Gasteiger partial charge in [0.15, 0.2) is 0 Å². The van der Waals surface area contributed by atoms with Gasteiger partial charge in [0, 0.05) is 21.8 Å². The van der Waals surface area contributed by atoms with Crippen LogP contribution in [0.4, 0.5) is 15.8 Å². The van der Waals surface area contributed by atoms with Crippen LogP contribution in [0.3, 0.4) is 0 Å². The fourth-order valence-corrected chi connectivity index (χ4v) is 3.51. The van der Waals surface area contributed by atoms with Crippen LogP contribution in [-0.4, -0.2) is 20.0 Å². The number of halogens is 2. The van der Waals surface area contributed by atoms with Crippen molar-refractivity contribution in [1.29, 1.82) is 0 Å². The molecular weight excluding hydrogens is 413 g/mol. The van der Waals surface area contributed by atoms with E-state index < -0.39 is 0 Å². The average molecular weight is 430 g/mol. The second kappa shape index (κ2) is 7.81. The predicted molar refractivity (Wildman–Crippen MR) is 122 cm³/mol. The number of hydrogen-bond donors (Lipinski definition) is 1. The van der Waals surface area contributed by atoms with E-state index in [-0.39, 0.29) is 5.82 Å². The van der Waals surface area contributed by atoms with Crippen LogP contribution >= 0.6 is 11.6 Å². The zero-order valence-electron chi connectivity index (χ0n) is 16.6. The van der Waals surface area contributed by atoms with Crippen LogP contribution in [0.2, 0.25) is 5.02 Å². The molecule has 2 aromatic heterocycles. The summed E-state index contributed by atoms with van der Waals surface area (Å²) in [6.07, 6.45) is 1.78. The summed E-state index contributed by atoms with van der Waals surface area (Å²) in [4.78, 5) is 4.76. The van der Waals surface area contributed by atoms with Crippen LogP contribution in [0.5, 0.6) is 0 Å². The van der Waals surface area contributed by atoms with Crippen molar-refractivity contribution in [2.24, 2.45) is 0 Å². The highest BCUT2D eigenvalue weighted by atomic mass is 35.5. The van der Waals surface area contributed by atoms with Crippen molar-refractivity contribution in [3.8, 4) is 17.1 Å². The third-order valence-corrected chi connectivity index (χ3v) is 5.44. The number of fused-ring (bicyclic) bond motifs is 1. The molecule has 0 atom stereocenters. The number of anilines is 2. The quantitative estimate of drug-likeness (QED) is 0.363. The van der Waals surface area contributed by atoms with Gasteiger partial charge in [0.25, 0.3) is 0 Å². The molecule has 0 amide bonds. The van der Waals surface area contributed by atoms with E-state index in [1.165, 1.54) is 12.1 Å². The van der Waals surface area contributed by atoms with E-state index in [9.17, 15) is 4.39 Å². The standard InChI is InChI=1S/C24H17ClFN5/c1-15-5-8-17(13-20(15)25)27-21-3-2-4-22-19(21)11-12-23(28-22)24-14-31(30-29-24)18-9-6-16(26)7-10-18/h2-14,27H,1H3. The molecule has 0 aliphatic carbocycles. The van der Waals surface area contributed by atoms with Gasteiger partial charge < -0.3 is 5.32 Å². The van der Waals surface area contributed by atoms with Gasteiger partial charge in [-0.2, -0.15) is 0 Å². The summed E-state index contributed by atoms with van der Waals surface area (Å²) in [5.41, 5.74) is 5.78. The number of aromatic nitrogens is 4. The predicted octanol–water partition coefficient (Wildman–Crippen LogP) is 6.33. The molecule has 0 aliphatic heterocycles. The molecule has 2 heterocycles. The molecule has 5 rings (SSSR count). The second-order valence-corrected chi connectivity index (χ2v) is 7.59. The summed E-state index contributed by atoms with van der Waals surface area (Å²) >= 11 is 6.26. The Bertz CT molecular complexity index is 1400. The maximum absolute atomic E-state index is 13.2. The number of hydrogen-bond acceptors (Lipinski definition) is 4. The first kappa shape index (κ1) is 19.2. The lowest BCUT2D eigenvalue weighted by Crippen LogP contribution is -1.94. The summed E-state index contributed by atoms with van der Waals surface area (Å²) in [6, 6.07) is 21.8. The van der Waals surface area contributed by atoms with E-state index >= 15 is 0 Å². The summed E-state index contributed by atoms with van der Waals surface area (Å²) < 4.78 is 14.8. The first-order chi connectivity index (χ1) is 15.1. The highest BCUT2D eigenvalue weighted by Gasteiger charge is 2.10. The molecular formula is C24H17ClFN5. The minimum Gasteiger partial charge on any atom is -0.355 e. The maximum atomic E-state index is 13.2. The highest BCUT2D eigenvalue weighted by Crippen LogP contribution is 2.29. The molecule has 5 nitrogen and oxygen atoms in total. The van der Waals surface area contributed by atoms with E-state index in [4.69, 9.17) is 16.6 Å². The minimum atomic E-state index is -0.294. The Labute approximate surface area is 183 Å². The van der Waals surface area contributed by atoms with Crippen LogP contribution in [0.25, 0.3) is 28.0 Å². The van der Waals surface area contributed by atoms with Crippen molar-refractivity contribution >= 4 is 33.9 Å². The molecule has 7 heteroatoms. The van der Waals surface area contributed by atoms with Crippen molar-refractivity contribution in [3.05, 3.63) is 95.4 Å². The molecule has 0 saturated carbocycles. The van der Waals surface area contributed by atoms with Crippen molar-refractivity contribution in [1.82, 2.24) is 20.0 Å². The Morgan fingerprint density at radius 3 is 2.58 bits per heavy atom. The van der Waals surface area contributed by atoms with Crippen LogP contribution in [0, 0.1) is 12.7 Å². The Kier molecular flexibility index (Phi) is 4.84. The molecule has 0 fully saturated rings. The van der Waals surface area contributed by atoms with Crippen LogP contribution < -0.4 is 5.32 Å². The maximum Gasteiger partial charge on any atom is 0.131 e. The zero-order chi connectivity index (χ0) is 21.4. The van der Waals surface area contributed by atoms with Crippen LogP contribution in [0.15, 0.2) is 79.0 Å².